The summed E-state index contributed by atoms with van der Waals surface area (Å²) in [5.74, 6) is 0. The summed E-state index contributed by atoms with van der Waals surface area (Å²) >= 11 is 0. The molecule has 0 spiro atoms. The molecule has 1 atom stereocenters. The van der Waals surface area contributed by atoms with Gasteiger partial charge in [-0.1, -0.05) is 26.2 Å². The molecule has 1 saturated carbocycles. The van der Waals surface area contributed by atoms with Crippen LogP contribution >= 0.6 is 0 Å². The first-order valence-electron chi connectivity index (χ1n) is 5.11. The Hall–Kier alpha value is -0.120. The minimum absolute atomic E-state index is 0.131. The largest absolute Gasteiger partial charge is 0.346 e. The monoisotopic (exact) mass is 188 g/mol. The third-order valence-electron chi connectivity index (χ3n) is 2.96. The van der Waals surface area contributed by atoms with Gasteiger partial charge in [-0.15, -0.1) is 0 Å². The fourth-order valence-electron chi connectivity index (χ4n) is 2.01. The van der Waals surface area contributed by atoms with Gasteiger partial charge in [0.25, 0.3) is 6.48 Å². The average Bonchev–Trinajstić information content (AvgIpc) is 2.19. The van der Waals surface area contributed by atoms with Gasteiger partial charge < -0.3 is 14.6 Å². The third kappa shape index (κ3) is 2.93. The van der Waals surface area contributed by atoms with Crippen LogP contribution in [0.2, 0.25) is 0 Å². The van der Waals surface area contributed by atoms with E-state index in [0.717, 1.165) is 19.3 Å². The fourth-order valence-corrected chi connectivity index (χ4v) is 2.01. The predicted molar refractivity (Wildman–Crippen MR) is 50.2 cm³/mol. The molecule has 1 aliphatic carbocycles. The minimum Gasteiger partial charge on any atom is -0.346 e. The molecule has 0 aromatic carbocycles. The maximum absolute atomic E-state index is 9.26. The average molecular weight is 188 g/mol. The minimum atomic E-state index is -1.06. The van der Waals surface area contributed by atoms with Gasteiger partial charge in [-0.25, -0.2) is 0 Å². The lowest BCUT2D eigenvalue weighted by atomic mass is 9.83. The first kappa shape index (κ1) is 11.0. The maximum Gasteiger partial charge on any atom is 0.269 e. The van der Waals surface area contributed by atoms with Crippen LogP contribution < -0.4 is 0 Å². The van der Waals surface area contributed by atoms with E-state index >= 15 is 0 Å². The SMILES string of the molecule is CCC1(OC(O)OC)CCCCC1. The van der Waals surface area contributed by atoms with E-state index in [1.807, 2.05) is 0 Å². The summed E-state index contributed by atoms with van der Waals surface area (Å²) in [4.78, 5) is 0. The second-order valence-corrected chi connectivity index (χ2v) is 3.76. The van der Waals surface area contributed by atoms with Gasteiger partial charge in [0.05, 0.1) is 5.60 Å². The van der Waals surface area contributed by atoms with E-state index in [4.69, 9.17) is 9.47 Å². The molecule has 13 heavy (non-hydrogen) atoms. The second kappa shape index (κ2) is 4.94. The smallest absolute Gasteiger partial charge is 0.269 e. The quantitative estimate of drug-likeness (QED) is 0.686. The Morgan fingerprint density at radius 3 is 2.38 bits per heavy atom. The highest BCUT2D eigenvalue weighted by molar-refractivity contribution is 4.82. The van der Waals surface area contributed by atoms with Crippen molar-refractivity contribution in [3.63, 3.8) is 0 Å². The van der Waals surface area contributed by atoms with Crippen LogP contribution in [0, 0.1) is 0 Å². The molecular formula is C10H20O3. The predicted octanol–water partition coefficient (Wildman–Crippen LogP) is 2.04. The summed E-state index contributed by atoms with van der Waals surface area (Å²) in [6, 6.07) is 0. The van der Waals surface area contributed by atoms with Crippen LogP contribution in [0.15, 0.2) is 0 Å². The van der Waals surface area contributed by atoms with Gasteiger partial charge in [-0.3, -0.25) is 0 Å². The molecule has 0 aromatic rings. The van der Waals surface area contributed by atoms with E-state index in [0.29, 0.717) is 0 Å². The summed E-state index contributed by atoms with van der Waals surface area (Å²) in [5, 5.41) is 9.26. The summed E-state index contributed by atoms with van der Waals surface area (Å²) in [7, 11) is 1.46. The van der Waals surface area contributed by atoms with Crippen LogP contribution in [0.3, 0.4) is 0 Å². The van der Waals surface area contributed by atoms with E-state index in [2.05, 4.69) is 6.92 Å². The van der Waals surface area contributed by atoms with Crippen molar-refractivity contribution in [3.05, 3.63) is 0 Å². The first-order chi connectivity index (χ1) is 6.22. The molecule has 1 unspecified atom stereocenters. The molecule has 1 N–H and O–H groups in total. The Morgan fingerprint density at radius 1 is 1.31 bits per heavy atom. The van der Waals surface area contributed by atoms with Crippen LogP contribution in [0.4, 0.5) is 0 Å². The lowest BCUT2D eigenvalue weighted by molar-refractivity contribution is -0.304. The van der Waals surface area contributed by atoms with E-state index in [-0.39, 0.29) is 5.60 Å². The topological polar surface area (TPSA) is 38.7 Å². The zero-order valence-electron chi connectivity index (χ0n) is 8.58. The standard InChI is InChI=1S/C10H20O3/c1-3-10(13-9(11)12-2)7-5-4-6-8-10/h9,11H,3-8H2,1-2H3. The molecule has 0 heterocycles. The summed E-state index contributed by atoms with van der Waals surface area (Å²) in [6.07, 6.45) is 6.73. The molecule has 0 bridgehead atoms. The summed E-state index contributed by atoms with van der Waals surface area (Å²) < 4.78 is 10.2. The van der Waals surface area contributed by atoms with Crippen molar-refractivity contribution in [1.82, 2.24) is 0 Å². The molecule has 1 rings (SSSR count). The van der Waals surface area contributed by atoms with Crippen LogP contribution in [-0.2, 0) is 9.47 Å². The maximum atomic E-state index is 9.26. The lowest BCUT2D eigenvalue weighted by Gasteiger charge is -2.37. The molecule has 0 radical (unpaired) electrons. The van der Waals surface area contributed by atoms with Gasteiger partial charge in [0.15, 0.2) is 0 Å². The van der Waals surface area contributed by atoms with Gasteiger partial charge in [0.2, 0.25) is 0 Å². The fraction of sp³-hybridized carbons (Fsp3) is 1.00. The molecule has 0 aliphatic heterocycles. The number of hydrogen-bond acceptors (Lipinski definition) is 3. The zero-order chi connectivity index (χ0) is 9.73. The summed E-state index contributed by atoms with van der Waals surface area (Å²) in [5.41, 5.74) is -0.131. The molecule has 0 saturated heterocycles. The molecule has 3 heteroatoms. The van der Waals surface area contributed by atoms with E-state index in [1.165, 1.54) is 26.4 Å². The van der Waals surface area contributed by atoms with Crippen molar-refractivity contribution < 1.29 is 14.6 Å². The van der Waals surface area contributed by atoms with Gasteiger partial charge >= 0.3 is 0 Å². The van der Waals surface area contributed by atoms with Crippen LogP contribution in [-0.4, -0.2) is 24.3 Å². The zero-order valence-corrected chi connectivity index (χ0v) is 8.58. The number of aliphatic hydroxyl groups excluding tert-OH is 1. The number of rotatable bonds is 4. The highest BCUT2D eigenvalue weighted by Gasteiger charge is 2.33. The Kier molecular flexibility index (Phi) is 4.16. The highest BCUT2D eigenvalue weighted by Crippen LogP contribution is 2.34. The van der Waals surface area contributed by atoms with Crippen LogP contribution in [0.1, 0.15) is 45.4 Å². The van der Waals surface area contributed by atoms with Crippen molar-refractivity contribution in [2.75, 3.05) is 7.11 Å². The number of aliphatic hydroxyl groups is 1. The van der Waals surface area contributed by atoms with E-state index < -0.39 is 6.48 Å². The molecule has 78 valence electrons. The molecule has 0 amide bonds. The van der Waals surface area contributed by atoms with Crippen molar-refractivity contribution in [2.24, 2.45) is 0 Å². The number of methoxy groups -OCH3 is 1. The summed E-state index contributed by atoms with van der Waals surface area (Å²) in [6.45, 7) is 1.05. The van der Waals surface area contributed by atoms with Crippen LogP contribution in [0.25, 0.3) is 0 Å². The lowest BCUT2D eigenvalue weighted by Crippen LogP contribution is -2.38. The van der Waals surface area contributed by atoms with E-state index in [9.17, 15) is 5.11 Å². The van der Waals surface area contributed by atoms with E-state index in [1.54, 1.807) is 0 Å². The Morgan fingerprint density at radius 2 is 1.92 bits per heavy atom. The Bertz CT molecular complexity index is 141. The van der Waals surface area contributed by atoms with Crippen molar-refractivity contribution in [2.45, 2.75) is 57.5 Å². The second-order valence-electron chi connectivity index (χ2n) is 3.76. The van der Waals surface area contributed by atoms with Gasteiger partial charge in [0.1, 0.15) is 0 Å². The van der Waals surface area contributed by atoms with Crippen molar-refractivity contribution in [3.8, 4) is 0 Å². The molecular weight excluding hydrogens is 168 g/mol. The molecule has 3 nitrogen and oxygen atoms in total. The van der Waals surface area contributed by atoms with Crippen molar-refractivity contribution in [1.29, 1.82) is 0 Å². The highest BCUT2D eigenvalue weighted by atomic mass is 16.8. The number of ether oxygens (including phenoxy) is 2. The molecule has 1 aliphatic rings. The Balaban J connectivity index is 2.47. The molecule has 0 aromatic heterocycles. The third-order valence-corrected chi connectivity index (χ3v) is 2.96. The Labute approximate surface area is 80.0 Å². The number of hydrogen-bond donors (Lipinski definition) is 1. The normalized spacial score (nSPS) is 24.2. The van der Waals surface area contributed by atoms with Gasteiger partial charge in [-0.2, -0.15) is 0 Å². The van der Waals surface area contributed by atoms with Crippen molar-refractivity contribution >= 4 is 0 Å². The van der Waals surface area contributed by atoms with Gasteiger partial charge in [-0.05, 0) is 19.3 Å². The van der Waals surface area contributed by atoms with Gasteiger partial charge in [0, 0.05) is 7.11 Å². The van der Waals surface area contributed by atoms with Crippen LogP contribution in [0.5, 0.6) is 0 Å². The molecule has 1 fully saturated rings. The first-order valence-corrected chi connectivity index (χ1v) is 5.11.